The first-order valence-electron chi connectivity index (χ1n) is 9.20. The molecule has 5 fully saturated rings. The summed E-state index contributed by atoms with van der Waals surface area (Å²) < 4.78 is 5.83. The second-order valence-corrected chi connectivity index (χ2v) is 8.13. The minimum atomic E-state index is -0.190. The van der Waals surface area contributed by atoms with Crippen LogP contribution < -0.4 is 0 Å². The molecule has 5 aliphatic rings. The fraction of sp³-hybridized carbons (Fsp3) is 0.348. The molecule has 0 saturated heterocycles. The van der Waals surface area contributed by atoms with E-state index in [0.717, 1.165) is 23.0 Å². The Kier molecular flexibility index (Phi) is 2.36. The van der Waals surface area contributed by atoms with Gasteiger partial charge in [-0.2, -0.15) is 0 Å². The third kappa shape index (κ3) is 1.32. The fourth-order valence-electron chi connectivity index (χ4n) is 6.89. The van der Waals surface area contributed by atoms with Crippen molar-refractivity contribution in [2.45, 2.75) is 18.4 Å². The van der Waals surface area contributed by atoms with Gasteiger partial charge in [0, 0.05) is 5.41 Å². The normalized spacial score (nSPS) is 40.6. The Labute approximate surface area is 147 Å². The van der Waals surface area contributed by atoms with Gasteiger partial charge in [-0.05, 0) is 46.8 Å². The van der Waals surface area contributed by atoms with Crippen molar-refractivity contribution in [2.24, 2.45) is 29.1 Å². The van der Waals surface area contributed by atoms with Gasteiger partial charge in [0.15, 0.2) is 0 Å². The third-order valence-corrected chi connectivity index (χ3v) is 7.62. The van der Waals surface area contributed by atoms with Crippen molar-refractivity contribution in [3.8, 4) is 0 Å². The van der Waals surface area contributed by atoms with Crippen LogP contribution in [0.2, 0.25) is 0 Å². The molecule has 124 valence electrons. The zero-order valence-electron chi connectivity index (χ0n) is 14.0. The summed E-state index contributed by atoms with van der Waals surface area (Å²) in [5, 5.41) is 0. The molecule has 2 bridgehead atoms. The van der Waals surface area contributed by atoms with Crippen LogP contribution in [0.1, 0.15) is 23.1 Å². The van der Waals surface area contributed by atoms with Gasteiger partial charge in [-0.25, -0.2) is 0 Å². The summed E-state index contributed by atoms with van der Waals surface area (Å²) >= 11 is 0. The second kappa shape index (κ2) is 4.24. The van der Waals surface area contributed by atoms with E-state index in [2.05, 4.69) is 36.9 Å². The minimum absolute atomic E-state index is 0.0513. The van der Waals surface area contributed by atoms with E-state index >= 15 is 0 Å². The molecule has 2 aromatic carbocycles. The lowest BCUT2D eigenvalue weighted by atomic mass is 9.68. The van der Waals surface area contributed by atoms with Crippen LogP contribution in [0.25, 0.3) is 6.08 Å². The van der Waals surface area contributed by atoms with Gasteiger partial charge in [0.1, 0.15) is 6.61 Å². The Balaban J connectivity index is 1.25. The van der Waals surface area contributed by atoms with Gasteiger partial charge in [0.05, 0.1) is 5.41 Å². The summed E-state index contributed by atoms with van der Waals surface area (Å²) in [6, 6.07) is 18.7. The smallest absolute Gasteiger partial charge is 0.313 e. The maximum atomic E-state index is 13.1. The van der Waals surface area contributed by atoms with Crippen molar-refractivity contribution in [3.05, 3.63) is 77.9 Å². The lowest BCUT2D eigenvalue weighted by Gasteiger charge is -2.35. The van der Waals surface area contributed by atoms with Crippen LogP contribution in [0.4, 0.5) is 0 Å². The largest absolute Gasteiger partial charge is 0.460 e. The van der Waals surface area contributed by atoms with E-state index in [1.165, 1.54) is 12.0 Å². The summed E-state index contributed by atoms with van der Waals surface area (Å²) in [6.07, 6.45) is 3.05. The van der Waals surface area contributed by atoms with E-state index in [1.807, 2.05) is 30.3 Å². The predicted molar refractivity (Wildman–Crippen MR) is 95.5 cm³/mol. The fourth-order valence-corrected chi connectivity index (χ4v) is 6.89. The third-order valence-electron chi connectivity index (χ3n) is 7.62. The molecule has 0 radical (unpaired) electrons. The van der Waals surface area contributed by atoms with Crippen LogP contribution >= 0.6 is 0 Å². The number of hydrogen-bond donors (Lipinski definition) is 0. The first-order valence-corrected chi connectivity index (χ1v) is 9.20. The summed E-state index contributed by atoms with van der Waals surface area (Å²) in [7, 11) is 0. The molecular weight excluding hydrogens is 308 g/mol. The number of carbonyl (C=O) groups excluding carboxylic acids is 1. The Morgan fingerprint density at radius 1 is 1.08 bits per heavy atom. The first kappa shape index (κ1) is 13.9. The highest BCUT2D eigenvalue weighted by Crippen LogP contribution is 3.04. The maximum absolute atomic E-state index is 13.1. The second-order valence-electron chi connectivity index (χ2n) is 8.13. The molecule has 25 heavy (non-hydrogen) atoms. The van der Waals surface area contributed by atoms with Gasteiger partial charge in [0.25, 0.3) is 0 Å². The molecule has 0 spiro atoms. The standard InChI is InChI=1S/C23H20O2/c1-2-14-8-10-15(11-9-14)13-25-21(24)23-18-12-17-19(20(18)23)22(17,23)16-6-4-3-5-7-16/h2-11,17-20H,1,12-13H2. The van der Waals surface area contributed by atoms with Crippen molar-refractivity contribution >= 4 is 12.0 Å². The van der Waals surface area contributed by atoms with Gasteiger partial charge < -0.3 is 4.74 Å². The molecule has 0 aromatic heterocycles. The molecule has 5 saturated carbocycles. The molecule has 0 amide bonds. The monoisotopic (exact) mass is 328 g/mol. The van der Waals surface area contributed by atoms with Crippen LogP contribution in [0.5, 0.6) is 0 Å². The SMILES string of the molecule is C=Cc1ccc(COC(=O)C23C4CC5C(C42)C53c2ccccc2)cc1. The van der Waals surface area contributed by atoms with E-state index in [1.54, 1.807) is 0 Å². The zero-order valence-corrected chi connectivity index (χ0v) is 14.0. The van der Waals surface area contributed by atoms with Crippen molar-refractivity contribution in [2.75, 3.05) is 0 Å². The quantitative estimate of drug-likeness (QED) is 0.769. The molecule has 2 heteroatoms. The Morgan fingerprint density at radius 3 is 2.48 bits per heavy atom. The Hall–Kier alpha value is -2.35. The van der Waals surface area contributed by atoms with Crippen molar-refractivity contribution in [1.29, 1.82) is 0 Å². The van der Waals surface area contributed by atoms with Crippen molar-refractivity contribution < 1.29 is 9.53 Å². The Morgan fingerprint density at radius 2 is 1.84 bits per heavy atom. The highest BCUT2D eigenvalue weighted by Gasteiger charge is 3.07. The minimum Gasteiger partial charge on any atom is -0.460 e. The van der Waals surface area contributed by atoms with E-state index in [9.17, 15) is 4.79 Å². The van der Waals surface area contributed by atoms with Crippen LogP contribution in [0, 0.1) is 29.1 Å². The van der Waals surface area contributed by atoms with Gasteiger partial charge in [-0.1, -0.05) is 67.3 Å². The number of benzene rings is 2. The maximum Gasteiger partial charge on any atom is 0.313 e. The highest BCUT2D eigenvalue weighted by molar-refractivity contribution is 5.92. The van der Waals surface area contributed by atoms with Crippen LogP contribution in [0.3, 0.4) is 0 Å². The molecule has 7 rings (SSSR count). The topological polar surface area (TPSA) is 26.3 Å². The molecule has 2 aromatic rings. The van der Waals surface area contributed by atoms with E-state index in [0.29, 0.717) is 18.4 Å². The van der Waals surface area contributed by atoms with Crippen LogP contribution in [-0.4, -0.2) is 5.97 Å². The number of esters is 1. The molecule has 5 aliphatic carbocycles. The number of carbonyl (C=O) groups is 1. The summed E-state index contributed by atoms with van der Waals surface area (Å²) in [5.74, 6) is 2.71. The molecule has 6 unspecified atom stereocenters. The van der Waals surface area contributed by atoms with Gasteiger partial charge in [-0.15, -0.1) is 0 Å². The summed E-state index contributed by atoms with van der Waals surface area (Å²) in [4.78, 5) is 13.1. The van der Waals surface area contributed by atoms with E-state index in [4.69, 9.17) is 4.74 Å². The van der Waals surface area contributed by atoms with Gasteiger partial charge >= 0.3 is 5.97 Å². The highest BCUT2D eigenvalue weighted by atomic mass is 16.5. The average Bonchev–Trinajstić information content (AvgIpc) is 3.31. The zero-order chi connectivity index (χ0) is 16.8. The van der Waals surface area contributed by atoms with E-state index < -0.39 is 0 Å². The number of hydrogen-bond acceptors (Lipinski definition) is 2. The molecule has 2 nitrogen and oxygen atoms in total. The average molecular weight is 328 g/mol. The number of ether oxygens (including phenoxy) is 1. The predicted octanol–water partition coefficient (Wildman–Crippen LogP) is 4.21. The first-order chi connectivity index (χ1) is 12.3. The molecule has 0 aliphatic heterocycles. The van der Waals surface area contributed by atoms with Gasteiger partial charge in [0.2, 0.25) is 0 Å². The summed E-state index contributed by atoms with van der Waals surface area (Å²) in [6.45, 7) is 4.14. The van der Waals surface area contributed by atoms with E-state index in [-0.39, 0.29) is 16.8 Å². The van der Waals surface area contributed by atoms with Crippen LogP contribution in [0.15, 0.2) is 61.2 Å². The summed E-state index contributed by atoms with van der Waals surface area (Å²) in [5.41, 5.74) is 3.42. The van der Waals surface area contributed by atoms with Crippen LogP contribution in [-0.2, 0) is 21.6 Å². The molecule has 0 heterocycles. The van der Waals surface area contributed by atoms with Crippen molar-refractivity contribution in [3.63, 3.8) is 0 Å². The molecule has 0 N–H and O–H groups in total. The Bertz CT molecular complexity index is 887. The number of rotatable bonds is 5. The van der Waals surface area contributed by atoms with Gasteiger partial charge in [-0.3, -0.25) is 4.79 Å². The molecular formula is C23H20O2. The lowest BCUT2D eigenvalue weighted by molar-refractivity contribution is -0.157. The molecule has 6 atom stereocenters. The lowest BCUT2D eigenvalue weighted by Crippen LogP contribution is -2.42. The van der Waals surface area contributed by atoms with Crippen molar-refractivity contribution in [1.82, 2.24) is 0 Å².